The summed E-state index contributed by atoms with van der Waals surface area (Å²) >= 11 is 1.04. The molecule has 0 radical (unpaired) electrons. The number of ether oxygens (including phenoxy) is 1. The van der Waals surface area contributed by atoms with Crippen LogP contribution in [0, 0.1) is 11.3 Å². The van der Waals surface area contributed by atoms with E-state index in [-0.39, 0.29) is 5.41 Å². The number of nitrogens with one attached hydrogen (secondary N) is 2. The Morgan fingerprint density at radius 2 is 2.26 bits per heavy atom. The van der Waals surface area contributed by atoms with Crippen molar-refractivity contribution in [2.45, 2.75) is 57.3 Å². The fraction of sp³-hybridized carbons (Fsp3) is 0.778. The Kier molecular flexibility index (Phi) is 5.09. The summed E-state index contributed by atoms with van der Waals surface area (Å²) in [7, 11) is 0. The molecular weight excluding hydrogens is 377 g/mol. The van der Waals surface area contributed by atoms with Gasteiger partial charge in [0.05, 0.1) is 11.1 Å². The molecule has 0 amide bonds. The number of aromatic nitrogens is 1. The molecule has 1 spiro atoms. The monoisotopic (exact) mass is 402 g/mol. The van der Waals surface area contributed by atoms with Crippen LogP contribution in [0.1, 0.15) is 43.3 Å². The van der Waals surface area contributed by atoms with Crippen LogP contribution in [0.5, 0.6) is 0 Å². The second-order valence-electron chi connectivity index (χ2n) is 7.59. The molecule has 150 valence electrons. The van der Waals surface area contributed by atoms with E-state index in [1.165, 1.54) is 19.3 Å². The molecule has 0 aromatic carbocycles. The normalized spacial score (nSPS) is 29.2. The lowest BCUT2D eigenvalue weighted by atomic mass is 9.46. The van der Waals surface area contributed by atoms with Gasteiger partial charge in [-0.25, -0.2) is 4.98 Å². The van der Waals surface area contributed by atoms with Crippen LogP contribution in [-0.4, -0.2) is 42.8 Å². The van der Waals surface area contributed by atoms with Crippen LogP contribution in [0.2, 0.25) is 0 Å². The number of nitrogens with zero attached hydrogens (tertiary/aromatic N) is 2. The third-order valence-corrected chi connectivity index (χ3v) is 7.02. The molecule has 27 heavy (non-hydrogen) atoms. The van der Waals surface area contributed by atoms with Crippen LogP contribution in [-0.2, 0) is 17.3 Å². The molecule has 5 nitrogen and oxygen atoms in total. The number of alkyl halides is 3. The molecule has 1 aromatic rings. The fourth-order valence-corrected chi connectivity index (χ4v) is 5.54. The highest BCUT2D eigenvalue weighted by atomic mass is 32.1. The van der Waals surface area contributed by atoms with Crippen molar-refractivity contribution >= 4 is 17.3 Å². The Morgan fingerprint density at radius 3 is 2.89 bits per heavy atom. The predicted octanol–water partition coefficient (Wildman–Crippen LogP) is 3.22. The van der Waals surface area contributed by atoms with Gasteiger partial charge in [-0.2, -0.15) is 13.2 Å². The topological polar surface area (TPSA) is 58.5 Å². The van der Waals surface area contributed by atoms with Crippen molar-refractivity contribution in [2.75, 3.05) is 19.7 Å². The molecule has 9 heteroatoms. The molecule has 2 saturated carbocycles. The summed E-state index contributed by atoms with van der Waals surface area (Å²) in [4.78, 5) is 8.25. The van der Waals surface area contributed by atoms with Crippen LogP contribution in [0.25, 0.3) is 0 Å². The lowest BCUT2D eigenvalue weighted by molar-refractivity contribution is -0.171. The van der Waals surface area contributed by atoms with Gasteiger partial charge in [-0.15, -0.1) is 11.3 Å². The van der Waals surface area contributed by atoms with Crippen molar-refractivity contribution < 1.29 is 17.9 Å². The first kappa shape index (κ1) is 19.0. The first-order chi connectivity index (χ1) is 12.9. The summed E-state index contributed by atoms with van der Waals surface area (Å²) in [5.41, 5.74) is -0.556. The molecule has 1 saturated heterocycles. The average Bonchev–Trinajstić information content (AvgIpc) is 3.19. The fourth-order valence-electron chi connectivity index (χ4n) is 4.74. The molecule has 2 heterocycles. The van der Waals surface area contributed by atoms with Gasteiger partial charge < -0.3 is 15.4 Å². The highest BCUT2D eigenvalue weighted by Crippen LogP contribution is 2.62. The van der Waals surface area contributed by atoms with Crippen molar-refractivity contribution in [1.29, 1.82) is 0 Å². The van der Waals surface area contributed by atoms with Gasteiger partial charge in [0.15, 0.2) is 11.7 Å². The summed E-state index contributed by atoms with van der Waals surface area (Å²) in [6.07, 6.45) is 1.16. The molecule has 2 aliphatic carbocycles. The summed E-state index contributed by atoms with van der Waals surface area (Å²) in [6.45, 7) is 4.00. The highest BCUT2D eigenvalue weighted by molar-refractivity contribution is 7.09. The zero-order chi connectivity index (χ0) is 19.1. The molecule has 3 fully saturated rings. The lowest BCUT2D eigenvalue weighted by Crippen LogP contribution is -2.72. The lowest BCUT2D eigenvalue weighted by Gasteiger charge is -2.63. The van der Waals surface area contributed by atoms with Crippen LogP contribution < -0.4 is 10.6 Å². The minimum atomic E-state index is -4.38. The zero-order valence-corrected chi connectivity index (χ0v) is 16.1. The van der Waals surface area contributed by atoms with Crippen LogP contribution >= 0.6 is 11.3 Å². The minimum Gasteiger partial charge on any atom is -0.377 e. The maximum atomic E-state index is 12.6. The van der Waals surface area contributed by atoms with E-state index >= 15 is 0 Å². The molecular formula is C18H25F3N4OS. The van der Waals surface area contributed by atoms with Crippen molar-refractivity contribution in [2.24, 2.45) is 16.3 Å². The zero-order valence-electron chi connectivity index (χ0n) is 15.3. The van der Waals surface area contributed by atoms with E-state index in [0.29, 0.717) is 36.0 Å². The van der Waals surface area contributed by atoms with Crippen LogP contribution in [0.3, 0.4) is 0 Å². The van der Waals surface area contributed by atoms with Crippen molar-refractivity contribution in [1.82, 2.24) is 15.6 Å². The molecule has 3 unspecified atom stereocenters. The van der Waals surface area contributed by atoms with Gasteiger partial charge in [0.25, 0.3) is 0 Å². The number of fused-ring (bicyclic) bond motifs is 2. The quantitative estimate of drug-likeness (QED) is 0.587. The standard InChI is InChI=1S/C18H25F3N4OS/c1-2-22-16(23-8-4-13-24-12(10-27-13)18(19,20)21)25-14-11-5-9-26-15(11)17(14)6-3-7-17/h10-11,14-15H,2-9H2,1H3,(H2,22,23,25). The Bertz CT molecular complexity index is 701. The van der Waals surface area contributed by atoms with Gasteiger partial charge in [0.2, 0.25) is 0 Å². The van der Waals surface area contributed by atoms with E-state index in [2.05, 4.69) is 20.6 Å². The van der Waals surface area contributed by atoms with Crippen LogP contribution in [0.4, 0.5) is 13.2 Å². The van der Waals surface area contributed by atoms with E-state index in [9.17, 15) is 13.2 Å². The highest BCUT2D eigenvalue weighted by Gasteiger charge is 2.66. The Hall–Kier alpha value is -1.35. The summed E-state index contributed by atoms with van der Waals surface area (Å²) < 4.78 is 43.9. The SMILES string of the molecule is CCNC(=NCCc1nc(C(F)(F)F)cs1)NC1C2CCOC2C12CCC2. The maximum absolute atomic E-state index is 12.6. The second kappa shape index (κ2) is 7.24. The maximum Gasteiger partial charge on any atom is 0.434 e. The van der Waals surface area contributed by atoms with Gasteiger partial charge in [-0.05, 0) is 26.2 Å². The van der Waals surface area contributed by atoms with Gasteiger partial charge in [-0.1, -0.05) is 6.42 Å². The number of aliphatic imine (C=N–C) groups is 1. The van der Waals surface area contributed by atoms with Crippen LogP contribution in [0.15, 0.2) is 10.4 Å². The van der Waals surface area contributed by atoms with Crippen molar-refractivity contribution in [3.05, 3.63) is 16.1 Å². The first-order valence-electron chi connectivity index (χ1n) is 9.62. The van der Waals surface area contributed by atoms with E-state index in [1.807, 2.05) is 6.92 Å². The molecule has 4 rings (SSSR count). The largest absolute Gasteiger partial charge is 0.434 e. The molecule has 3 aliphatic rings. The molecule has 2 N–H and O–H groups in total. The molecule has 3 atom stereocenters. The van der Waals surface area contributed by atoms with Gasteiger partial charge in [0, 0.05) is 48.9 Å². The van der Waals surface area contributed by atoms with Gasteiger partial charge in [0.1, 0.15) is 0 Å². The number of thiazole rings is 1. The van der Waals surface area contributed by atoms with E-state index in [0.717, 1.165) is 42.2 Å². The van der Waals surface area contributed by atoms with E-state index < -0.39 is 11.9 Å². The Labute approximate surface area is 160 Å². The summed E-state index contributed by atoms with van der Waals surface area (Å²) in [5, 5.41) is 8.39. The number of halogens is 3. The number of guanidine groups is 1. The number of hydrogen-bond acceptors (Lipinski definition) is 4. The smallest absolute Gasteiger partial charge is 0.377 e. The van der Waals surface area contributed by atoms with Crippen molar-refractivity contribution in [3.8, 4) is 0 Å². The van der Waals surface area contributed by atoms with E-state index in [1.54, 1.807) is 0 Å². The Balaban J connectivity index is 1.37. The van der Waals surface area contributed by atoms with Gasteiger partial charge in [-0.3, -0.25) is 4.99 Å². The second-order valence-corrected chi connectivity index (χ2v) is 8.53. The van der Waals surface area contributed by atoms with Crippen molar-refractivity contribution in [3.63, 3.8) is 0 Å². The first-order valence-corrected chi connectivity index (χ1v) is 10.5. The number of hydrogen-bond donors (Lipinski definition) is 2. The predicted molar refractivity (Wildman–Crippen MR) is 97.9 cm³/mol. The molecule has 1 aromatic heterocycles. The average molecular weight is 402 g/mol. The molecule has 1 aliphatic heterocycles. The van der Waals surface area contributed by atoms with E-state index in [4.69, 9.17) is 4.74 Å². The third kappa shape index (κ3) is 3.44. The summed E-state index contributed by atoms with van der Waals surface area (Å²) in [5.74, 6) is 1.29. The molecule has 0 bridgehead atoms. The Morgan fingerprint density at radius 1 is 1.44 bits per heavy atom. The summed E-state index contributed by atoms with van der Waals surface area (Å²) in [6, 6.07) is 0.383. The third-order valence-electron chi connectivity index (χ3n) is 6.11. The number of rotatable bonds is 5. The minimum absolute atomic E-state index is 0.258. The van der Waals surface area contributed by atoms with Gasteiger partial charge >= 0.3 is 6.18 Å².